The molecule has 5 heavy (non-hydrogen) atoms. The molecule has 0 radical (unpaired) electrons. The Bertz CT molecular complexity index is 17.1. The second-order valence-corrected chi connectivity index (χ2v) is 0.500. The van der Waals surface area contributed by atoms with Gasteiger partial charge in [0.25, 0.3) is 0 Å². The number of hydrogen-bond acceptors (Lipinski definition) is 1. The van der Waals surface area contributed by atoms with Crippen molar-refractivity contribution >= 4 is 60.6 Å². The van der Waals surface area contributed by atoms with Crippen molar-refractivity contribution in [3.05, 3.63) is 0 Å². The third-order valence-electron chi connectivity index (χ3n) is 0. The van der Waals surface area contributed by atoms with E-state index >= 15 is 0 Å². The van der Waals surface area contributed by atoms with Gasteiger partial charge in [-0.05, 0) is 0 Å². The van der Waals surface area contributed by atoms with Gasteiger partial charge in [0.1, 0.15) is 0 Å². The molecule has 0 heterocycles. The van der Waals surface area contributed by atoms with Gasteiger partial charge in [0.15, 0.2) is 0 Å². The van der Waals surface area contributed by atoms with E-state index < -0.39 is 0 Å². The van der Waals surface area contributed by atoms with Crippen LogP contribution < -0.4 is 0 Å². The van der Waals surface area contributed by atoms with Gasteiger partial charge in [-0.25, -0.2) is 0 Å². The first-order valence-corrected chi connectivity index (χ1v) is 5.85. The molecular weight excluding hydrogens is 111 g/mol. The normalized spacial score (nSPS) is 4.00. The molecule has 0 amide bonds. The Morgan fingerprint density at radius 1 is 1.60 bits per heavy atom. The molecule has 0 aromatic rings. The molecule has 0 fully saturated rings. The van der Waals surface area contributed by atoms with Gasteiger partial charge in [0.2, 0.25) is 6.26 Å². The van der Waals surface area contributed by atoms with E-state index in [0.29, 0.717) is 11.7 Å². The maximum absolute atomic E-state index is 8.85. The summed E-state index contributed by atoms with van der Waals surface area (Å²) >= 11 is 1.56. The van der Waals surface area contributed by atoms with Gasteiger partial charge in [-0.2, -0.15) is 0 Å². The summed E-state index contributed by atoms with van der Waals surface area (Å²) < 4.78 is 11.0. The van der Waals surface area contributed by atoms with Crippen LogP contribution in [0.15, 0.2) is 0 Å². The Morgan fingerprint density at radius 2 is 1.60 bits per heavy atom. The summed E-state index contributed by atoms with van der Waals surface area (Å²) in [5.41, 5.74) is 0. The molecule has 0 spiro atoms. The van der Waals surface area contributed by atoms with Crippen molar-refractivity contribution < 1.29 is 4.21 Å². The Hall–Kier alpha value is 1.66. The van der Waals surface area contributed by atoms with Gasteiger partial charge in [-0.15, -0.1) is 0 Å². The van der Waals surface area contributed by atoms with E-state index in [-0.39, 0.29) is 0 Å². The minimum atomic E-state index is 0.500. The molecule has 1 nitrogen and oxygen atoms in total. The third kappa shape index (κ3) is 27.6. The fourth-order valence-electron chi connectivity index (χ4n) is 0. The Kier molecular flexibility index (Phi) is 34.1. The van der Waals surface area contributed by atoms with Crippen LogP contribution in [0.3, 0.4) is 0 Å². The van der Waals surface area contributed by atoms with Crippen molar-refractivity contribution in [2.24, 2.45) is 0 Å². The fraction of sp³-hybridized carbons (Fsp3) is 1.00. The second-order valence-electron chi connectivity index (χ2n) is 0.167. The summed E-state index contributed by atoms with van der Waals surface area (Å²) in [6.45, 7) is 0. The fourth-order valence-corrected chi connectivity index (χ4v) is 0. The molecule has 0 aliphatic heterocycles. The molecule has 0 bridgehead atoms. The Labute approximate surface area is 70.6 Å². The van der Waals surface area contributed by atoms with Crippen molar-refractivity contribution in [3.63, 3.8) is 0 Å². The average Bonchev–Trinajstić information content (AvgIpc) is 1.46. The molecule has 0 atom stereocenters. The summed E-state index contributed by atoms with van der Waals surface area (Å²) in [4.78, 5) is 0. The van der Waals surface area contributed by atoms with E-state index in [4.69, 9.17) is 4.21 Å². The number of hydrogen-bond donors (Lipinski definition) is 0. The van der Waals surface area contributed by atoms with Crippen LogP contribution >= 0.6 is 0 Å². The van der Waals surface area contributed by atoms with Gasteiger partial charge in [-0.3, -0.25) is 0 Å². The summed E-state index contributed by atoms with van der Waals surface area (Å²) in [5.74, 6) is 0. The Morgan fingerprint density at radius 3 is 1.60 bits per heavy atom. The second kappa shape index (κ2) is 17.4. The Balaban J connectivity index is 0. The topological polar surface area (TPSA) is 17.1 Å². The van der Waals surface area contributed by atoms with Gasteiger partial charge in [-0.1, -0.05) is 0 Å². The molecule has 0 aromatic heterocycles. The van der Waals surface area contributed by atoms with Crippen LogP contribution in [0.25, 0.3) is 0 Å². The van der Waals surface area contributed by atoms with Crippen LogP contribution in [0.2, 0.25) is 1.02 Å². The zero-order chi connectivity index (χ0) is 4.71. The SMILES string of the molecule is C[S+]=O.[CH3][K]. The summed E-state index contributed by atoms with van der Waals surface area (Å²) in [7, 11) is 0. The van der Waals surface area contributed by atoms with Gasteiger partial charge in [0, 0.05) is 4.21 Å². The molecule has 0 rings (SSSR count). The molecule has 0 saturated heterocycles. The molecule has 0 aliphatic rings. The maximum atomic E-state index is 8.85. The van der Waals surface area contributed by atoms with Gasteiger partial charge < -0.3 is 0 Å². The van der Waals surface area contributed by atoms with Gasteiger partial charge >= 0.3 is 61.6 Å². The van der Waals surface area contributed by atoms with Crippen molar-refractivity contribution in [2.45, 2.75) is 1.02 Å². The minimum absolute atomic E-state index is 0.500. The molecular formula is C2H6KOS+. The monoisotopic (exact) mass is 117 g/mol. The van der Waals surface area contributed by atoms with Crippen LogP contribution in [0.4, 0.5) is 0 Å². The van der Waals surface area contributed by atoms with Crippen molar-refractivity contribution in [1.82, 2.24) is 0 Å². The molecule has 0 aromatic carbocycles. The van der Waals surface area contributed by atoms with Gasteiger partial charge in [0.05, 0.1) is 0 Å². The molecule has 3 heteroatoms. The summed E-state index contributed by atoms with van der Waals surface area (Å²) in [6.07, 6.45) is 1.49. The van der Waals surface area contributed by atoms with E-state index in [2.05, 4.69) is 1.02 Å². The van der Waals surface area contributed by atoms with Crippen LogP contribution in [0, 0.1) is 0 Å². The van der Waals surface area contributed by atoms with E-state index in [0.717, 1.165) is 49.0 Å². The van der Waals surface area contributed by atoms with E-state index in [1.807, 2.05) is 0 Å². The third-order valence-corrected chi connectivity index (χ3v) is 0. The van der Waals surface area contributed by atoms with Crippen molar-refractivity contribution in [1.29, 1.82) is 0 Å². The van der Waals surface area contributed by atoms with Crippen LogP contribution in [0.1, 0.15) is 0 Å². The first kappa shape index (κ1) is 9.82. The summed E-state index contributed by atoms with van der Waals surface area (Å²) in [6, 6.07) is 0. The van der Waals surface area contributed by atoms with Crippen LogP contribution in [-0.4, -0.2) is 55.2 Å². The predicted molar refractivity (Wildman–Crippen MR) is 25.6 cm³/mol. The molecule has 0 aliphatic carbocycles. The summed E-state index contributed by atoms with van der Waals surface area (Å²) in [5, 5.41) is 0. The number of rotatable bonds is 0. The molecule has 0 unspecified atom stereocenters. The standard InChI is InChI=1S/CH3OS.CH3.K/c1-3-2;;/h1H3;1H3;/q+1;;. The zero-order valence-corrected chi connectivity index (χ0v) is 7.76. The van der Waals surface area contributed by atoms with Crippen LogP contribution in [0.5, 0.6) is 0 Å². The predicted octanol–water partition coefficient (Wildman–Crippen LogP) is 0.247. The molecule has 0 N–H and O–H groups in total. The van der Waals surface area contributed by atoms with Crippen LogP contribution in [-0.2, 0) is 15.9 Å². The van der Waals surface area contributed by atoms with Crippen molar-refractivity contribution in [2.75, 3.05) is 6.26 Å². The quantitative estimate of drug-likeness (QED) is 0.328. The molecule has 0 saturated carbocycles. The zero-order valence-electron chi connectivity index (χ0n) is 3.82. The van der Waals surface area contributed by atoms with Crippen molar-refractivity contribution in [3.8, 4) is 0 Å². The first-order chi connectivity index (χ1) is 2.41. The first-order valence-electron chi connectivity index (χ1n) is 1.57. The molecule has 26 valence electrons. The van der Waals surface area contributed by atoms with E-state index in [1.54, 1.807) is 0 Å². The van der Waals surface area contributed by atoms with E-state index in [1.165, 1.54) is 6.26 Å². The van der Waals surface area contributed by atoms with E-state index in [9.17, 15) is 0 Å². The average molecular weight is 117 g/mol.